The lowest BCUT2D eigenvalue weighted by Crippen LogP contribution is -2.24. The quantitative estimate of drug-likeness (QED) is 0.805. The van der Waals surface area contributed by atoms with Gasteiger partial charge in [-0.15, -0.1) is 0 Å². The van der Waals surface area contributed by atoms with Crippen molar-refractivity contribution in [3.05, 3.63) is 47.0 Å². The van der Waals surface area contributed by atoms with Crippen molar-refractivity contribution in [3.8, 4) is 0 Å². The maximum Gasteiger partial charge on any atom is 0.340 e. The SMILES string of the molecule is O=C(O)c1cc2ccccc2c2c1C(=O)OCCOC2=O. The Morgan fingerprint density at radius 1 is 1.00 bits per heavy atom. The second-order valence-corrected chi connectivity index (χ2v) is 4.47. The number of hydrogen-bond acceptors (Lipinski definition) is 5. The number of ether oxygens (including phenoxy) is 2. The minimum absolute atomic E-state index is 0.0599. The third-order valence-electron chi connectivity index (χ3n) is 3.24. The molecule has 2 aromatic carbocycles. The van der Waals surface area contributed by atoms with E-state index in [-0.39, 0.29) is 29.9 Å². The van der Waals surface area contributed by atoms with Crippen molar-refractivity contribution in [2.45, 2.75) is 0 Å². The summed E-state index contributed by atoms with van der Waals surface area (Å²) in [6, 6.07) is 8.06. The molecule has 2 aromatic rings. The Hall–Kier alpha value is -2.89. The van der Waals surface area contributed by atoms with Gasteiger partial charge in [0.05, 0.1) is 16.7 Å². The molecule has 0 radical (unpaired) electrons. The van der Waals surface area contributed by atoms with E-state index in [1.54, 1.807) is 24.3 Å². The van der Waals surface area contributed by atoms with Gasteiger partial charge in [0.25, 0.3) is 0 Å². The highest BCUT2D eigenvalue weighted by atomic mass is 16.6. The van der Waals surface area contributed by atoms with Crippen LogP contribution in [0.2, 0.25) is 0 Å². The van der Waals surface area contributed by atoms with Crippen molar-refractivity contribution in [1.82, 2.24) is 0 Å². The average molecular weight is 286 g/mol. The maximum absolute atomic E-state index is 12.2. The first-order chi connectivity index (χ1) is 10.1. The molecule has 21 heavy (non-hydrogen) atoms. The van der Waals surface area contributed by atoms with Gasteiger partial charge in [-0.05, 0) is 16.8 Å². The summed E-state index contributed by atoms with van der Waals surface area (Å²) in [4.78, 5) is 35.7. The second-order valence-electron chi connectivity index (χ2n) is 4.47. The van der Waals surface area contributed by atoms with Gasteiger partial charge in [-0.25, -0.2) is 14.4 Å². The number of fused-ring (bicyclic) bond motifs is 3. The fourth-order valence-corrected chi connectivity index (χ4v) is 2.35. The van der Waals surface area contributed by atoms with Crippen molar-refractivity contribution in [2.75, 3.05) is 13.2 Å². The van der Waals surface area contributed by atoms with Crippen LogP contribution in [0.4, 0.5) is 0 Å². The molecule has 6 nitrogen and oxygen atoms in total. The summed E-state index contributed by atoms with van der Waals surface area (Å²) in [6.07, 6.45) is 0. The Bertz CT molecular complexity index is 777. The molecule has 0 unspecified atom stereocenters. The van der Waals surface area contributed by atoms with Crippen molar-refractivity contribution >= 4 is 28.7 Å². The van der Waals surface area contributed by atoms with Gasteiger partial charge in [0.1, 0.15) is 13.2 Å². The third-order valence-corrected chi connectivity index (χ3v) is 3.24. The number of hydrogen-bond donors (Lipinski definition) is 1. The lowest BCUT2D eigenvalue weighted by atomic mass is 9.93. The van der Waals surface area contributed by atoms with E-state index in [1.165, 1.54) is 6.07 Å². The number of aromatic carboxylic acids is 1. The van der Waals surface area contributed by atoms with Crippen LogP contribution in [-0.2, 0) is 9.47 Å². The molecule has 0 amide bonds. The Morgan fingerprint density at radius 3 is 2.29 bits per heavy atom. The minimum Gasteiger partial charge on any atom is -0.478 e. The van der Waals surface area contributed by atoms with Crippen molar-refractivity contribution < 1.29 is 29.0 Å². The summed E-state index contributed by atoms with van der Waals surface area (Å²) in [6.45, 7) is -0.161. The lowest BCUT2D eigenvalue weighted by molar-refractivity contribution is 0.0224. The molecule has 0 atom stereocenters. The van der Waals surface area contributed by atoms with Crippen molar-refractivity contribution in [3.63, 3.8) is 0 Å². The summed E-state index contributed by atoms with van der Waals surface area (Å²) >= 11 is 0. The van der Waals surface area contributed by atoms with E-state index < -0.39 is 17.9 Å². The molecule has 0 bridgehead atoms. The largest absolute Gasteiger partial charge is 0.478 e. The predicted octanol–water partition coefficient (Wildman–Crippen LogP) is 1.87. The number of carbonyl (C=O) groups is 3. The van der Waals surface area contributed by atoms with Gasteiger partial charge < -0.3 is 14.6 Å². The minimum atomic E-state index is -1.30. The zero-order valence-corrected chi connectivity index (χ0v) is 10.8. The molecule has 1 N–H and O–H groups in total. The van der Waals surface area contributed by atoms with Gasteiger partial charge in [-0.3, -0.25) is 0 Å². The molecule has 1 aliphatic heterocycles. The molecule has 0 aromatic heterocycles. The molecule has 0 aliphatic carbocycles. The van der Waals surface area contributed by atoms with Crippen LogP contribution >= 0.6 is 0 Å². The molecule has 0 saturated carbocycles. The fourth-order valence-electron chi connectivity index (χ4n) is 2.35. The summed E-state index contributed by atoms with van der Waals surface area (Å²) < 4.78 is 9.91. The van der Waals surface area contributed by atoms with Gasteiger partial charge in [-0.2, -0.15) is 0 Å². The molecule has 0 spiro atoms. The first kappa shape index (κ1) is 13.1. The number of benzene rings is 2. The van der Waals surface area contributed by atoms with E-state index in [0.29, 0.717) is 10.8 Å². The second kappa shape index (κ2) is 4.90. The first-order valence-electron chi connectivity index (χ1n) is 6.23. The monoisotopic (exact) mass is 286 g/mol. The van der Waals surface area contributed by atoms with E-state index in [0.717, 1.165) is 0 Å². The van der Waals surface area contributed by atoms with E-state index in [4.69, 9.17) is 9.47 Å². The number of carboxylic acids is 1. The van der Waals surface area contributed by atoms with E-state index in [9.17, 15) is 19.5 Å². The molecule has 0 saturated heterocycles. The summed E-state index contributed by atoms with van der Waals surface area (Å²) in [5.41, 5.74) is -0.589. The number of esters is 2. The van der Waals surface area contributed by atoms with Crippen LogP contribution in [0, 0.1) is 0 Å². The van der Waals surface area contributed by atoms with Gasteiger partial charge in [0.2, 0.25) is 0 Å². The highest BCUT2D eigenvalue weighted by Crippen LogP contribution is 2.28. The first-order valence-corrected chi connectivity index (χ1v) is 6.23. The zero-order chi connectivity index (χ0) is 15.0. The summed E-state index contributed by atoms with van der Waals surface area (Å²) in [5, 5.41) is 10.3. The lowest BCUT2D eigenvalue weighted by Gasteiger charge is -2.17. The highest BCUT2D eigenvalue weighted by Gasteiger charge is 2.30. The molecular formula is C15H10O6. The van der Waals surface area contributed by atoms with E-state index in [1.807, 2.05) is 0 Å². The van der Waals surface area contributed by atoms with Gasteiger partial charge in [-0.1, -0.05) is 24.3 Å². The maximum atomic E-state index is 12.2. The number of carbonyl (C=O) groups excluding carboxylic acids is 2. The van der Waals surface area contributed by atoms with Crippen LogP contribution in [0.5, 0.6) is 0 Å². The summed E-state index contributed by atoms with van der Waals surface area (Å²) in [7, 11) is 0. The summed E-state index contributed by atoms with van der Waals surface area (Å²) in [5.74, 6) is -2.85. The molecule has 106 valence electrons. The Kier molecular flexibility index (Phi) is 3.06. The van der Waals surface area contributed by atoms with Crippen LogP contribution in [0.1, 0.15) is 31.1 Å². The van der Waals surface area contributed by atoms with Gasteiger partial charge in [0, 0.05) is 0 Å². The Balaban J connectivity index is 2.46. The highest BCUT2D eigenvalue weighted by molar-refractivity contribution is 6.17. The van der Waals surface area contributed by atoms with E-state index >= 15 is 0 Å². The average Bonchev–Trinajstić information content (AvgIpc) is 2.47. The van der Waals surface area contributed by atoms with E-state index in [2.05, 4.69) is 0 Å². The van der Waals surface area contributed by atoms with Gasteiger partial charge >= 0.3 is 17.9 Å². The van der Waals surface area contributed by atoms with Crippen LogP contribution in [-0.4, -0.2) is 36.2 Å². The van der Waals surface area contributed by atoms with Crippen molar-refractivity contribution in [2.24, 2.45) is 0 Å². The standard InChI is InChI=1S/C15H10O6/c16-13(17)10-7-8-3-1-2-4-9(8)11-12(10)15(19)21-6-5-20-14(11)18/h1-4,7H,5-6H2,(H,16,17). The topological polar surface area (TPSA) is 89.9 Å². The molecule has 3 rings (SSSR count). The molecule has 1 heterocycles. The number of rotatable bonds is 1. The Labute approximate surface area is 118 Å². The van der Waals surface area contributed by atoms with Crippen molar-refractivity contribution in [1.29, 1.82) is 0 Å². The number of carboxylic acid groups (broad SMARTS) is 1. The normalized spacial score (nSPS) is 14.7. The predicted molar refractivity (Wildman–Crippen MR) is 71.5 cm³/mol. The van der Waals surface area contributed by atoms with Crippen LogP contribution in [0.15, 0.2) is 30.3 Å². The third kappa shape index (κ3) is 2.10. The molecule has 1 aliphatic rings. The Morgan fingerprint density at radius 2 is 1.62 bits per heavy atom. The fraction of sp³-hybridized carbons (Fsp3) is 0.133. The smallest absolute Gasteiger partial charge is 0.340 e. The van der Waals surface area contributed by atoms with Crippen LogP contribution < -0.4 is 0 Å². The molecular weight excluding hydrogens is 276 g/mol. The molecule has 0 fully saturated rings. The van der Waals surface area contributed by atoms with Crippen LogP contribution in [0.25, 0.3) is 10.8 Å². The van der Waals surface area contributed by atoms with Crippen LogP contribution in [0.3, 0.4) is 0 Å². The zero-order valence-electron chi connectivity index (χ0n) is 10.8. The number of cyclic esters (lactones) is 2. The molecule has 6 heteroatoms. The van der Waals surface area contributed by atoms with Gasteiger partial charge in [0.15, 0.2) is 0 Å².